The lowest BCUT2D eigenvalue weighted by Crippen LogP contribution is -2.37. The molecule has 0 aromatic carbocycles. The van der Waals surface area contributed by atoms with Crippen molar-refractivity contribution in [2.24, 2.45) is 12.5 Å². The third kappa shape index (κ3) is 1.50. The van der Waals surface area contributed by atoms with Gasteiger partial charge in [-0.2, -0.15) is 0 Å². The summed E-state index contributed by atoms with van der Waals surface area (Å²) in [5.41, 5.74) is 0.166. The van der Waals surface area contributed by atoms with E-state index in [0.29, 0.717) is 25.9 Å². The Labute approximate surface area is 115 Å². The van der Waals surface area contributed by atoms with Crippen molar-refractivity contribution in [1.82, 2.24) is 14.5 Å². The predicted octanol–water partition coefficient (Wildman–Crippen LogP) is 2.59. The smallest absolute Gasteiger partial charge is 0.254 e. The van der Waals surface area contributed by atoms with Gasteiger partial charge < -0.3 is 9.47 Å². The van der Waals surface area contributed by atoms with Crippen molar-refractivity contribution in [2.45, 2.75) is 25.2 Å². The Kier molecular flexibility index (Phi) is 2.22. The molecular formula is C14H16F2N4. The van der Waals surface area contributed by atoms with E-state index in [1.165, 1.54) is 0 Å². The van der Waals surface area contributed by atoms with Crippen LogP contribution in [0.1, 0.15) is 19.3 Å². The second kappa shape index (κ2) is 3.68. The fourth-order valence-corrected chi connectivity index (χ4v) is 3.39. The summed E-state index contributed by atoms with van der Waals surface area (Å²) in [6.07, 6.45) is 4.67. The summed E-state index contributed by atoms with van der Waals surface area (Å²) in [7, 11) is 1.94. The largest absolute Gasteiger partial charge is 0.356 e. The number of fused-ring (bicyclic) bond motifs is 1. The minimum atomic E-state index is -2.44. The molecule has 1 aliphatic heterocycles. The van der Waals surface area contributed by atoms with Crippen LogP contribution in [0.15, 0.2) is 18.6 Å². The zero-order valence-electron chi connectivity index (χ0n) is 11.3. The highest BCUT2D eigenvalue weighted by atomic mass is 19.3. The van der Waals surface area contributed by atoms with Crippen molar-refractivity contribution in [3.05, 3.63) is 18.6 Å². The summed E-state index contributed by atoms with van der Waals surface area (Å²) >= 11 is 0. The van der Waals surface area contributed by atoms with Gasteiger partial charge in [-0.05, 0) is 18.9 Å². The predicted molar refractivity (Wildman–Crippen MR) is 72.0 cm³/mol. The van der Waals surface area contributed by atoms with Gasteiger partial charge >= 0.3 is 0 Å². The van der Waals surface area contributed by atoms with Crippen LogP contribution in [-0.4, -0.2) is 33.5 Å². The number of halogens is 2. The maximum Gasteiger partial charge on any atom is 0.254 e. The van der Waals surface area contributed by atoms with E-state index >= 15 is 0 Å². The number of aromatic nitrogens is 3. The van der Waals surface area contributed by atoms with Gasteiger partial charge in [-0.15, -0.1) is 0 Å². The molecule has 4 nitrogen and oxygen atoms in total. The minimum absolute atomic E-state index is 0.0678. The summed E-state index contributed by atoms with van der Waals surface area (Å²) in [5, 5.41) is 0.994. The monoisotopic (exact) mass is 278 g/mol. The average molecular weight is 278 g/mol. The quantitative estimate of drug-likeness (QED) is 0.804. The highest BCUT2D eigenvalue weighted by Crippen LogP contribution is 2.65. The first kappa shape index (κ1) is 12.1. The van der Waals surface area contributed by atoms with Crippen LogP contribution in [0, 0.1) is 5.41 Å². The van der Waals surface area contributed by atoms with Crippen LogP contribution < -0.4 is 4.90 Å². The van der Waals surface area contributed by atoms with Crippen LogP contribution in [0.5, 0.6) is 0 Å². The maximum atomic E-state index is 13.4. The molecule has 6 heteroatoms. The Bertz CT molecular complexity index is 671. The van der Waals surface area contributed by atoms with Gasteiger partial charge in [-0.1, -0.05) is 0 Å². The van der Waals surface area contributed by atoms with Crippen molar-refractivity contribution in [1.29, 1.82) is 0 Å². The SMILES string of the molecule is Cn1ccc2c(N3CCC4(CC3)CC4(F)F)ncnc21. The van der Waals surface area contributed by atoms with E-state index in [4.69, 9.17) is 0 Å². The number of alkyl halides is 2. The Morgan fingerprint density at radius 1 is 1.20 bits per heavy atom. The third-order valence-electron chi connectivity index (χ3n) is 4.87. The standard InChI is InChI=1S/C14H16F2N4/c1-19-5-2-10-11(19)17-9-18-12(10)20-6-3-13(4-7-20)8-14(13,15)16/h2,5,9H,3-4,6-8H2,1H3. The van der Waals surface area contributed by atoms with E-state index in [0.717, 1.165) is 16.9 Å². The zero-order chi connectivity index (χ0) is 14.0. The zero-order valence-corrected chi connectivity index (χ0v) is 11.3. The molecular weight excluding hydrogens is 262 g/mol. The molecule has 1 aliphatic carbocycles. The van der Waals surface area contributed by atoms with Crippen molar-refractivity contribution in [3.63, 3.8) is 0 Å². The molecule has 2 aliphatic rings. The van der Waals surface area contributed by atoms with Crippen LogP contribution in [-0.2, 0) is 7.05 Å². The molecule has 0 N–H and O–H groups in total. The van der Waals surface area contributed by atoms with E-state index in [2.05, 4.69) is 14.9 Å². The fourth-order valence-electron chi connectivity index (χ4n) is 3.39. The van der Waals surface area contributed by atoms with E-state index in [-0.39, 0.29) is 6.42 Å². The van der Waals surface area contributed by atoms with Gasteiger partial charge in [-0.25, -0.2) is 18.7 Å². The molecule has 106 valence electrons. The van der Waals surface area contributed by atoms with Crippen LogP contribution in [0.25, 0.3) is 11.0 Å². The second-order valence-electron chi connectivity index (χ2n) is 6.01. The molecule has 2 fully saturated rings. The topological polar surface area (TPSA) is 34.0 Å². The highest BCUT2D eigenvalue weighted by molar-refractivity contribution is 5.87. The van der Waals surface area contributed by atoms with Crippen molar-refractivity contribution >= 4 is 16.9 Å². The number of piperidine rings is 1. The Morgan fingerprint density at radius 3 is 2.55 bits per heavy atom. The van der Waals surface area contributed by atoms with Gasteiger partial charge in [0.05, 0.1) is 5.39 Å². The first-order valence-electron chi connectivity index (χ1n) is 6.91. The van der Waals surface area contributed by atoms with Gasteiger partial charge in [0.2, 0.25) is 0 Å². The number of nitrogens with zero attached hydrogens (tertiary/aromatic N) is 4. The lowest BCUT2D eigenvalue weighted by Gasteiger charge is -2.33. The molecule has 3 heterocycles. The number of hydrogen-bond donors (Lipinski definition) is 0. The molecule has 0 atom stereocenters. The number of hydrogen-bond acceptors (Lipinski definition) is 3. The molecule has 1 saturated heterocycles. The van der Waals surface area contributed by atoms with Gasteiger partial charge in [-0.3, -0.25) is 0 Å². The van der Waals surface area contributed by atoms with E-state index in [1.807, 2.05) is 23.9 Å². The summed E-state index contributed by atoms with van der Waals surface area (Å²) in [4.78, 5) is 10.7. The summed E-state index contributed by atoms with van der Waals surface area (Å²) < 4.78 is 28.8. The first-order valence-corrected chi connectivity index (χ1v) is 6.91. The normalized spacial score (nSPS) is 23.4. The molecule has 0 amide bonds. The van der Waals surface area contributed by atoms with E-state index in [9.17, 15) is 8.78 Å². The van der Waals surface area contributed by atoms with Crippen molar-refractivity contribution < 1.29 is 8.78 Å². The van der Waals surface area contributed by atoms with Gasteiger partial charge in [0.1, 0.15) is 17.8 Å². The van der Waals surface area contributed by atoms with Gasteiger partial charge in [0.25, 0.3) is 5.92 Å². The number of anilines is 1. The lowest BCUT2D eigenvalue weighted by atomic mass is 9.93. The highest BCUT2D eigenvalue weighted by Gasteiger charge is 2.70. The lowest BCUT2D eigenvalue weighted by molar-refractivity contribution is 0.0537. The number of rotatable bonds is 1. The molecule has 0 bridgehead atoms. The molecule has 20 heavy (non-hydrogen) atoms. The first-order chi connectivity index (χ1) is 9.52. The van der Waals surface area contributed by atoms with Crippen molar-refractivity contribution in [3.8, 4) is 0 Å². The van der Waals surface area contributed by atoms with Crippen LogP contribution in [0.3, 0.4) is 0 Å². The van der Waals surface area contributed by atoms with Gasteiger partial charge in [0.15, 0.2) is 0 Å². The second-order valence-corrected chi connectivity index (χ2v) is 6.01. The van der Waals surface area contributed by atoms with Crippen LogP contribution >= 0.6 is 0 Å². The Hall–Kier alpha value is -1.72. The summed E-state index contributed by atoms with van der Waals surface area (Å²) in [5.74, 6) is -1.57. The van der Waals surface area contributed by atoms with Gasteiger partial charge in [0, 0.05) is 38.2 Å². The molecule has 0 radical (unpaired) electrons. The van der Waals surface area contributed by atoms with Crippen LogP contribution in [0.4, 0.5) is 14.6 Å². The van der Waals surface area contributed by atoms with Crippen LogP contribution in [0.2, 0.25) is 0 Å². The maximum absolute atomic E-state index is 13.4. The fraction of sp³-hybridized carbons (Fsp3) is 0.571. The summed E-state index contributed by atoms with van der Waals surface area (Å²) in [6.45, 7) is 1.30. The Morgan fingerprint density at radius 2 is 1.90 bits per heavy atom. The molecule has 2 aromatic heterocycles. The molecule has 0 unspecified atom stereocenters. The molecule has 1 saturated carbocycles. The third-order valence-corrected chi connectivity index (χ3v) is 4.87. The number of aryl methyl sites for hydroxylation is 1. The van der Waals surface area contributed by atoms with E-state index in [1.54, 1.807) is 6.33 Å². The molecule has 1 spiro atoms. The molecule has 4 rings (SSSR count). The van der Waals surface area contributed by atoms with Crippen molar-refractivity contribution in [2.75, 3.05) is 18.0 Å². The Balaban J connectivity index is 1.62. The van der Waals surface area contributed by atoms with E-state index < -0.39 is 11.3 Å². The minimum Gasteiger partial charge on any atom is -0.356 e. The summed E-state index contributed by atoms with van der Waals surface area (Å²) in [6, 6.07) is 1.99. The average Bonchev–Trinajstić information content (AvgIpc) is 2.78. The molecule has 2 aromatic rings.